The topological polar surface area (TPSA) is 78.9 Å². The largest absolute Gasteiger partial charge is 0.462 e. The summed E-state index contributed by atoms with van der Waals surface area (Å²) in [5.74, 6) is -0.877. The standard InChI is InChI=1S/C65H118O6/c1-4-7-10-13-16-19-22-25-28-30-31-32-33-35-38-40-43-46-49-52-55-58-64(67)70-61-62(71-65(68)59-56-53-50-47-44-41-36-27-24-21-18-15-12-9-6-3)60-69-63(66)57-54-51-48-45-42-39-37-34-29-26-23-20-17-14-11-8-5-2/h17,20,25-29,36,62H,4-16,18-19,21-24,30-35,37-61H2,1-3H3/b20-17-,28-25-,29-26-,36-27-/t62-/m1/s1. The van der Waals surface area contributed by atoms with E-state index in [1.807, 2.05) is 0 Å². The van der Waals surface area contributed by atoms with Crippen molar-refractivity contribution in [2.75, 3.05) is 13.2 Å². The van der Waals surface area contributed by atoms with Crippen molar-refractivity contribution in [3.8, 4) is 0 Å². The molecule has 0 aliphatic carbocycles. The van der Waals surface area contributed by atoms with Crippen molar-refractivity contribution in [3.05, 3.63) is 48.6 Å². The Bertz CT molecular complexity index is 1230. The van der Waals surface area contributed by atoms with E-state index in [2.05, 4.69) is 69.4 Å². The molecule has 0 rings (SSSR count). The molecule has 0 aliphatic heterocycles. The van der Waals surface area contributed by atoms with Crippen LogP contribution < -0.4 is 0 Å². The summed E-state index contributed by atoms with van der Waals surface area (Å²) in [4.78, 5) is 38.3. The number of rotatable bonds is 57. The summed E-state index contributed by atoms with van der Waals surface area (Å²) < 4.78 is 16.9. The monoisotopic (exact) mass is 995 g/mol. The van der Waals surface area contributed by atoms with Crippen LogP contribution in [-0.2, 0) is 28.6 Å². The van der Waals surface area contributed by atoms with Gasteiger partial charge in [0.05, 0.1) is 0 Å². The van der Waals surface area contributed by atoms with Crippen molar-refractivity contribution in [2.24, 2.45) is 0 Å². The maximum atomic E-state index is 12.9. The average molecular weight is 996 g/mol. The number of allylic oxidation sites excluding steroid dienone is 8. The molecular formula is C65H118O6. The molecule has 0 aromatic carbocycles. The summed E-state index contributed by atoms with van der Waals surface area (Å²) in [6.45, 7) is 6.63. The Hall–Kier alpha value is -2.63. The van der Waals surface area contributed by atoms with E-state index in [0.29, 0.717) is 19.3 Å². The molecule has 6 heteroatoms. The average Bonchev–Trinajstić information content (AvgIpc) is 3.37. The first-order valence-electron chi connectivity index (χ1n) is 31.1. The van der Waals surface area contributed by atoms with E-state index in [0.717, 1.165) is 77.0 Å². The van der Waals surface area contributed by atoms with Gasteiger partial charge in [-0.05, 0) is 103 Å². The van der Waals surface area contributed by atoms with Gasteiger partial charge in [0.15, 0.2) is 6.10 Å². The van der Waals surface area contributed by atoms with Crippen LogP contribution in [-0.4, -0.2) is 37.2 Å². The number of carbonyl (C=O) groups is 3. The highest BCUT2D eigenvalue weighted by Gasteiger charge is 2.19. The normalized spacial score (nSPS) is 12.3. The van der Waals surface area contributed by atoms with Crippen LogP contribution >= 0.6 is 0 Å². The fourth-order valence-electron chi connectivity index (χ4n) is 9.05. The fourth-order valence-corrected chi connectivity index (χ4v) is 9.05. The van der Waals surface area contributed by atoms with Crippen LogP contribution in [0.25, 0.3) is 0 Å². The van der Waals surface area contributed by atoms with E-state index in [9.17, 15) is 14.4 Å². The molecule has 0 N–H and O–H groups in total. The molecule has 0 aromatic rings. The van der Waals surface area contributed by atoms with Gasteiger partial charge in [-0.1, -0.05) is 256 Å². The third-order valence-corrected chi connectivity index (χ3v) is 13.8. The molecular weight excluding hydrogens is 877 g/mol. The summed E-state index contributed by atoms with van der Waals surface area (Å²) in [6, 6.07) is 0. The fraction of sp³-hybridized carbons (Fsp3) is 0.831. The van der Waals surface area contributed by atoms with Crippen molar-refractivity contribution >= 4 is 17.9 Å². The molecule has 0 aliphatic rings. The second kappa shape index (κ2) is 59.9. The molecule has 0 fully saturated rings. The maximum absolute atomic E-state index is 12.9. The van der Waals surface area contributed by atoms with Gasteiger partial charge >= 0.3 is 17.9 Å². The molecule has 0 spiro atoms. The molecule has 1 atom stereocenters. The highest BCUT2D eigenvalue weighted by Crippen LogP contribution is 2.16. The van der Waals surface area contributed by atoms with Crippen LogP contribution in [0.2, 0.25) is 0 Å². The van der Waals surface area contributed by atoms with Gasteiger partial charge in [-0.15, -0.1) is 0 Å². The van der Waals surface area contributed by atoms with Gasteiger partial charge in [0, 0.05) is 19.3 Å². The lowest BCUT2D eigenvalue weighted by atomic mass is 10.0. The first-order chi connectivity index (χ1) is 35.0. The SMILES string of the molecule is CCCCC/C=C\C/C=C\CCCCCCCCCC(=O)OC[C@H](COC(=O)CCCCCCCCCCCCC/C=C\CCCCCCCC)OC(=O)CCCCCCC/C=C\CCCCCCCC. The zero-order valence-electron chi connectivity index (χ0n) is 47.5. The lowest BCUT2D eigenvalue weighted by molar-refractivity contribution is -0.167. The molecule has 6 nitrogen and oxygen atoms in total. The lowest BCUT2D eigenvalue weighted by Gasteiger charge is -2.18. The second-order valence-corrected chi connectivity index (χ2v) is 21.0. The molecule has 0 heterocycles. The van der Waals surface area contributed by atoms with Crippen molar-refractivity contribution in [1.29, 1.82) is 0 Å². The smallest absolute Gasteiger partial charge is 0.306 e. The number of ether oxygens (including phenoxy) is 3. The van der Waals surface area contributed by atoms with Crippen molar-refractivity contribution in [1.82, 2.24) is 0 Å². The maximum Gasteiger partial charge on any atom is 0.306 e. The number of unbranched alkanes of at least 4 members (excludes halogenated alkanes) is 38. The minimum atomic E-state index is -0.781. The van der Waals surface area contributed by atoms with E-state index < -0.39 is 6.10 Å². The zero-order chi connectivity index (χ0) is 51.4. The summed E-state index contributed by atoms with van der Waals surface area (Å²) in [5.41, 5.74) is 0. The van der Waals surface area contributed by atoms with Crippen molar-refractivity contribution in [3.63, 3.8) is 0 Å². The summed E-state index contributed by atoms with van der Waals surface area (Å²) in [5, 5.41) is 0. The molecule has 71 heavy (non-hydrogen) atoms. The molecule has 0 radical (unpaired) electrons. The van der Waals surface area contributed by atoms with Crippen LogP contribution in [0.4, 0.5) is 0 Å². The van der Waals surface area contributed by atoms with Crippen LogP contribution in [0.3, 0.4) is 0 Å². The van der Waals surface area contributed by atoms with Crippen molar-refractivity contribution < 1.29 is 28.6 Å². The Labute approximate surface area is 441 Å². The van der Waals surface area contributed by atoms with Crippen LogP contribution in [0.5, 0.6) is 0 Å². The number of hydrogen-bond acceptors (Lipinski definition) is 6. The van der Waals surface area contributed by atoms with Crippen LogP contribution in [0, 0.1) is 0 Å². The first kappa shape index (κ1) is 68.4. The minimum Gasteiger partial charge on any atom is -0.462 e. The third-order valence-electron chi connectivity index (χ3n) is 13.8. The molecule has 0 unspecified atom stereocenters. The van der Waals surface area contributed by atoms with Gasteiger partial charge in [-0.2, -0.15) is 0 Å². The predicted molar refractivity (Wildman–Crippen MR) is 307 cm³/mol. The molecule has 0 bridgehead atoms. The molecule has 0 saturated carbocycles. The highest BCUT2D eigenvalue weighted by molar-refractivity contribution is 5.71. The van der Waals surface area contributed by atoms with E-state index in [-0.39, 0.29) is 31.1 Å². The van der Waals surface area contributed by atoms with Gasteiger partial charge in [0.1, 0.15) is 13.2 Å². The third kappa shape index (κ3) is 58.1. The molecule has 0 saturated heterocycles. The number of carbonyl (C=O) groups excluding carboxylic acids is 3. The van der Waals surface area contributed by atoms with Gasteiger partial charge in [0.2, 0.25) is 0 Å². The second-order valence-electron chi connectivity index (χ2n) is 21.0. The zero-order valence-corrected chi connectivity index (χ0v) is 47.5. The summed E-state index contributed by atoms with van der Waals surface area (Å²) in [6.07, 6.45) is 73.9. The van der Waals surface area contributed by atoms with E-state index in [1.165, 1.54) is 212 Å². The molecule has 0 amide bonds. The van der Waals surface area contributed by atoms with Crippen LogP contribution in [0.1, 0.15) is 329 Å². The van der Waals surface area contributed by atoms with Gasteiger partial charge in [-0.3, -0.25) is 14.4 Å². The van der Waals surface area contributed by atoms with E-state index in [1.54, 1.807) is 0 Å². The highest BCUT2D eigenvalue weighted by atomic mass is 16.6. The summed E-state index contributed by atoms with van der Waals surface area (Å²) in [7, 11) is 0. The van der Waals surface area contributed by atoms with Gasteiger partial charge < -0.3 is 14.2 Å². The Morgan fingerprint density at radius 1 is 0.282 bits per heavy atom. The summed E-state index contributed by atoms with van der Waals surface area (Å²) >= 11 is 0. The van der Waals surface area contributed by atoms with E-state index in [4.69, 9.17) is 14.2 Å². The minimum absolute atomic E-state index is 0.0772. The first-order valence-corrected chi connectivity index (χ1v) is 31.1. The lowest BCUT2D eigenvalue weighted by Crippen LogP contribution is -2.30. The Morgan fingerprint density at radius 2 is 0.507 bits per heavy atom. The number of esters is 3. The molecule has 0 aromatic heterocycles. The Morgan fingerprint density at radius 3 is 0.817 bits per heavy atom. The Kier molecular flexibility index (Phi) is 57.7. The van der Waals surface area contributed by atoms with E-state index >= 15 is 0 Å². The van der Waals surface area contributed by atoms with Crippen LogP contribution in [0.15, 0.2) is 48.6 Å². The predicted octanol–water partition coefficient (Wildman–Crippen LogP) is 21.0. The van der Waals surface area contributed by atoms with Gasteiger partial charge in [-0.25, -0.2) is 0 Å². The van der Waals surface area contributed by atoms with Gasteiger partial charge in [0.25, 0.3) is 0 Å². The number of hydrogen-bond donors (Lipinski definition) is 0. The Balaban J connectivity index is 4.34. The molecule has 414 valence electrons. The van der Waals surface area contributed by atoms with Crippen molar-refractivity contribution in [2.45, 2.75) is 335 Å². The quantitative estimate of drug-likeness (QED) is 0.0261.